The van der Waals surface area contributed by atoms with Gasteiger partial charge in [0, 0.05) is 12.6 Å². The first-order valence-electron chi connectivity index (χ1n) is 7.70. The SMILES string of the molecule is CCC(CNC(C)c1ccccc1)Oc1cccc(C)c1. The number of rotatable bonds is 7. The molecule has 0 aliphatic carbocycles. The molecule has 2 nitrogen and oxygen atoms in total. The Morgan fingerprint density at radius 3 is 2.48 bits per heavy atom. The zero-order chi connectivity index (χ0) is 15.1. The van der Waals surface area contributed by atoms with Gasteiger partial charge in [0.2, 0.25) is 0 Å². The number of benzene rings is 2. The summed E-state index contributed by atoms with van der Waals surface area (Å²) < 4.78 is 6.07. The minimum atomic E-state index is 0.193. The van der Waals surface area contributed by atoms with E-state index in [1.165, 1.54) is 11.1 Å². The first kappa shape index (κ1) is 15.6. The van der Waals surface area contributed by atoms with E-state index in [4.69, 9.17) is 4.74 Å². The predicted molar refractivity (Wildman–Crippen MR) is 88.7 cm³/mol. The highest BCUT2D eigenvalue weighted by Gasteiger charge is 2.11. The van der Waals surface area contributed by atoms with E-state index in [1.807, 2.05) is 18.2 Å². The summed E-state index contributed by atoms with van der Waals surface area (Å²) in [5, 5.41) is 3.56. The van der Waals surface area contributed by atoms with Crippen LogP contribution < -0.4 is 10.1 Å². The molecule has 0 amide bonds. The highest BCUT2D eigenvalue weighted by molar-refractivity contribution is 5.27. The Labute approximate surface area is 128 Å². The van der Waals surface area contributed by atoms with Crippen molar-refractivity contribution in [3.05, 3.63) is 65.7 Å². The molecule has 2 heteroatoms. The molecule has 0 heterocycles. The number of nitrogens with one attached hydrogen (secondary N) is 1. The Hall–Kier alpha value is -1.80. The summed E-state index contributed by atoms with van der Waals surface area (Å²) in [7, 11) is 0. The predicted octanol–water partition coefficient (Wildman–Crippen LogP) is 4.50. The van der Waals surface area contributed by atoms with Gasteiger partial charge in [0.1, 0.15) is 11.9 Å². The van der Waals surface area contributed by atoms with Crippen LogP contribution in [0.5, 0.6) is 5.75 Å². The molecule has 0 aliphatic rings. The Bertz CT molecular complexity index is 538. The molecule has 0 aromatic heterocycles. The van der Waals surface area contributed by atoms with E-state index < -0.39 is 0 Å². The maximum atomic E-state index is 6.07. The summed E-state index contributed by atoms with van der Waals surface area (Å²) in [5.74, 6) is 0.955. The first-order chi connectivity index (χ1) is 10.2. The lowest BCUT2D eigenvalue weighted by atomic mass is 10.1. The van der Waals surface area contributed by atoms with Gasteiger partial charge in [-0.2, -0.15) is 0 Å². The van der Waals surface area contributed by atoms with Crippen LogP contribution in [0.2, 0.25) is 0 Å². The van der Waals surface area contributed by atoms with E-state index in [1.54, 1.807) is 0 Å². The molecule has 112 valence electrons. The zero-order valence-corrected chi connectivity index (χ0v) is 13.2. The third kappa shape index (κ3) is 4.91. The molecule has 0 saturated carbocycles. The largest absolute Gasteiger partial charge is 0.489 e. The topological polar surface area (TPSA) is 21.3 Å². The summed E-state index contributed by atoms with van der Waals surface area (Å²) in [5.41, 5.74) is 2.54. The van der Waals surface area contributed by atoms with Gasteiger partial charge < -0.3 is 10.1 Å². The van der Waals surface area contributed by atoms with Crippen molar-refractivity contribution in [1.82, 2.24) is 5.32 Å². The molecule has 0 radical (unpaired) electrons. The quantitative estimate of drug-likeness (QED) is 0.807. The molecule has 2 aromatic carbocycles. The van der Waals surface area contributed by atoms with Crippen molar-refractivity contribution in [2.75, 3.05) is 6.54 Å². The minimum Gasteiger partial charge on any atom is -0.489 e. The number of ether oxygens (including phenoxy) is 1. The highest BCUT2D eigenvalue weighted by atomic mass is 16.5. The molecule has 2 rings (SSSR count). The van der Waals surface area contributed by atoms with Gasteiger partial charge in [-0.3, -0.25) is 0 Å². The fourth-order valence-corrected chi connectivity index (χ4v) is 2.32. The highest BCUT2D eigenvalue weighted by Crippen LogP contribution is 2.16. The molecule has 0 saturated heterocycles. The van der Waals surface area contributed by atoms with Crippen LogP contribution in [0.1, 0.15) is 37.4 Å². The van der Waals surface area contributed by atoms with Gasteiger partial charge in [-0.1, -0.05) is 49.4 Å². The van der Waals surface area contributed by atoms with Crippen molar-refractivity contribution in [3.8, 4) is 5.75 Å². The molecular formula is C19H25NO. The maximum Gasteiger partial charge on any atom is 0.120 e. The van der Waals surface area contributed by atoms with Crippen molar-refractivity contribution < 1.29 is 4.74 Å². The molecule has 2 unspecified atom stereocenters. The van der Waals surface area contributed by atoms with Crippen LogP contribution >= 0.6 is 0 Å². The van der Waals surface area contributed by atoms with E-state index in [9.17, 15) is 0 Å². The molecule has 0 fully saturated rings. The van der Waals surface area contributed by atoms with Gasteiger partial charge in [0.05, 0.1) is 0 Å². The van der Waals surface area contributed by atoms with Crippen LogP contribution in [0.3, 0.4) is 0 Å². The standard InChI is InChI=1S/C19H25NO/c1-4-18(21-19-12-8-9-15(2)13-19)14-20-16(3)17-10-6-5-7-11-17/h5-13,16,18,20H,4,14H2,1-3H3. The second-order valence-electron chi connectivity index (χ2n) is 5.51. The van der Waals surface area contributed by atoms with Gasteiger partial charge in [-0.05, 0) is 43.5 Å². The monoisotopic (exact) mass is 283 g/mol. The van der Waals surface area contributed by atoms with Crippen molar-refractivity contribution in [2.45, 2.75) is 39.3 Å². The van der Waals surface area contributed by atoms with Crippen molar-refractivity contribution in [2.24, 2.45) is 0 Å². The summed E-state index contributed by atoms with van der Waals surface area (Å²) in [6.45, 7) is 7.29. The molecule has 2 aromatic rings. The fourth-order valence-electron chi connectivity index (χ4n) is 2.32. The second kappa shape index (κ2) is 7.84. The summed E-state index contributed by atoms with van der Waals surface area (Å²) in [4.78, 5) is 0. The molecule has 2 atom stereocenters. The molecule has 0 spiro atoms. The summed E-state index contributed by atoms with van der Waals surface area (Å²) >= 11 is 0. The lowest BCUT2D eigenvalue weighted by Crippen LogP contribution is -2.32. The van der Waals surface area contributed by atoms with Crippen LogP contribution in [0.25, 0.3) is 0 Å². The average Bonchev–Trinajstić information content (AvgIpc) is 2.52. The molecule has 0 bridgehead atoms. The summed E-state index contributed by atoms with van der Waals surface area (Å²) in [6, 6.07) is 19.1. The normalized spacial score (nSPS) is 13.7. The third-order valence-electron chi connectivity index (χ3n) is 3.70. The summed E-state index contributed by atoms with van der Waals surface area (Å²) in [6.07, 6.45) is 1.18. The lowest BCUT2D eigenvalue weighted by molar-refractivity contribution is 0.189. The fraction of sp³-hybridized carbons (Fsp3) is 0.368. The van der Waals surface area contributed by atoms with Crippen LogP contribution in [0.4, 0.5) is 0 Å². The van der Waals surface area contributed by atoms with Gasteiger partial charge in [-0.15, -0.1) is 0 Å². The van der Waals surface area contributed by atoms with E-state index in [2.05, 4.69) is 62.5 Å². The molecule has 1 N–H and O–H groups in total. The lowest BCUT2D eigenvalue weighted by Gasteiger charge is -2.21. The molecular weight excluding hydrogens is 258 g/mol. The maximum absolute atomic E-state index is 6.07. The Balaban J connectivity index is 1.88. The van der Waals surface area contributed by atoms with Gasteiger partial charge in [-0.25, -0.2) is 0 Å². The smallest absolute Gasteiger partial charge is 0.120 e. The first-order valence-corrected chi connectivity index (χ1v) is 7.70. The minimum absolute atomic E-state index is 0.193. The second-order valence-corrected chi connectivity index (χ2v) is 5.51. The van der Waals surface area contributed by atoms with Gasteiger partial charge in [0.25, 0.3) is 0 Å². The van der Waals surface area contributed by atoms with E-state index in [0.717, 1.165) is 18.7 Å². The Morgan fingerprint density at radius 2 is 1.81 bits per heavy atom. The van der Waals surface area contributed by atoms with Gasteiger partial charge in [0.15, 0.2) is 0 Å². The Kier molecular flexibility index (Phi) is 5.82. The van der Waals surface area contributed by atoms with Crippen molar-refractivity contribution >= 4 is 0 Å². The Morgan fingerprint density at radius 1 is 1.05 bits per heavy atom. The molecule has 0 aliphatic heterocycles. The molecule has 21 heavy (non-hydrogen) atoms. The van der Waals surface area contributed by atoms with Crippen LogP contribution in [-0.2, 0) is 0 Å². The zero-order valence-electron chi connectivity index (χ0n) is 13.2. The van der Waals surface area contributed by atoms with Crippen LogP contribution in [-0.4, -0.2) is 12.6 Å². The third-order valence-corrected chi connectivity index (χ3v) is 3.70. The number of hydrogen-bond donors (Lipinski definition) is 1. The van der Waals surface area contributed by atoms with Crippen LogP contribution in [0, 0.1) is 6.92 Å². The van der Waals surface area contributed by atoms with Crippen molar-refractivity contribution in [3.63, 3.8) is 0 Å². The van der Waals surface area contributed by atoms with Crippen molar-refractivity contribution in [1.29, 1.82) is 0 Å². The number of aryl methyl sites for hydroxylation is 1. The van der Waals surface area contributed by atoms with Crippen LogP contribution in [0.15, 0.2) is 54.6 Å². The number of hydrogen-bond acceptors (Lipinski definition) is 2. The van der Waals surface area contributed by atoms with Gasteiger partial charge >= 0.3 is 0 Å². The van der Waals surface area contributed by atoms with E-state index in [-0.39, 0.29) is 6.10 Å². The average molecular weight is 283 g/mol. The van der Waals surface area contributed by atoms with E-state index in [0.29, 0.717) is 6.04 Å². The van der Waals surface area contributed by atoms with E-state index >= 15 is 0 Å².